The normalized spacial score (nSPS) is 22.7. The Hall–Kier alpha value is -3.35. The lowest BCUT2D eigenvalue weighted by atomic mass is 9.69. The van der Waals surface area contributed by atoms with E-state index >= 15 is 0 Å². The largest absolute Gasteiger partial charge is 0.490 e. The number of benzene rings is 2. The number of carboxylic acids is 1. The number of sulfonamides is 1. The average Bonchev–Trinajstić information content (AvgIpc) is 3.13. The highest BCUT2D eigenvalue weighted by atomic mass is 35.5. The summed E-state index contributed by atoms with van der Waals surface area (Å²) in [4.78, 5) is 38.3. The highest BCUT2D eigenvalue weighted by Gasteiger charge is 2.43. The summed E-state index contributed by atoms with van der Waals surface area (Å²) in [6, 6.07) is 10.6. The zero-order valence-corrected chi connectivity index (χ0v) is 29.5. The van der Waals surface area contributed by atoms with Crippen LogP contribution in [0.1, 0.15) is 70.9 Å². The Bertz CT molecular complexity index is 1660. The van der Waals surface area contributed by atoms with Gasteiger partial charge in [0.15, 0.2) is 0 Å². The van der Waals surface area contributed by atoms with Crippen molar-refractivity contribution in [1.29, 1.82) is 0 Å². The van der Waals surface area contributed by atoms with Crippen LogP contribution in [0, 0.1) is 17.8 Å². The van der Waals surface area contributed by atoms with E-state index in [2.05, 4.69) is 15.7 Å². The number of rotatable bonds is 11. The predicted octanol–water partition coefficient (Wildman–Crippen LogP) is 5.11. The first-order chi connectivity index (χ1) is 22.5. The molecule has 262 valence electrons. The van der Waals surface area contributed by atoms with Crippen LogP contribution < -0.4 is 14.4 Å². The molecule has 0 aromatic heterocycles. The van der Waals surface area contributed by atoms with Gasteiger partial charge in [-0.2, -0.15) is 0 Å². The number of nitrogens with zero attached hydrogens (tertiary/aromatic N) is 1. The standard InChI is InChI=1S/C35H45ClN2O9S/c1-22(14-32(41)47-34(2,3)4)33(42)37-48(43,44)27-10-12-30-29(16-27)38(17-24-7-8-25(24)18-45-19-31(39)40)20-35(21-46-30)13-5-6-23-15-26(36)9-11-28(23)35/h9-12,15-16,22,24-25H,5-8,13-14,17-21H2,1-4H3,(H,37,42)(H,39,40)/t22-,24+,25+,35+/m1/s1. The van der Waals surface area contributed by atoms with Crippen molar-refractivity contribution >= 4 is 45.2 Å². The molecule has 2 aromatic rings. The summed E-state index contributed by atoms with van der Waals surface area (Å²) in [5.41, 5.74) is 1.84. The number of fused-ring (bicyclic) bond motifs is 3. The molecule has 1 fully saturated rings. The number of aryl methyl sites for hydroxylation is 1. The molecule has 11 nitrogen and oxygen atoms in total. The predicted molar refractivity (Wildman–Crippen MR) is 180 cm³/mol. The van der Waals surface area contributed by atoms with Gasteiger partial charge in [0.2, 0.25) is 5.91 Å². The molecule has 1 saturated carbocycles. The number of esters is 1. The zero-order valence-electron chi connectivity index (χ0n) is 27.9. The lowest BCUT2D eigenvalue weighted by molar-refractivity contribution is -0.157. The van der Waals surface area contributed by atoms with Gasteiger partial charge in [-0.3, -0.25) is 9.59 Å². The van der Waals surface area contributed by atoms with Crippen molar-refractivity contribution < 1.29 is 42.1 Å². The van der Waals surface area contributed by atoms with E-state index in [1.165, 1.54) is 24.1 Å². The summed E-state index contributed by atoms with van der Waals surface area (Å²) in [6.45, 7) is 8.16. The summed E-state index contributed by atoms with van der Waals surface area (Å²) in [6.07, 6.45) is 4.30. The maximum absolute atomic E-state index is 13.6. The molecular formula is C35H45ClN2O9S. The van der Waals surface area contributed by atoms with Gasteiger partial charge >= 0.3 is 11.9 Å². The first-order valence-corrected chi connectivity index (χ1v) is 18.3. The van der Waals surface area contributed by atoms with E-state index in [1.807, 2.05) is 12.1 Å². The minimum atomic E-state index is -4.31. The van der Waals surface area contributed by atoms with Gasteiger partial charge in [0, 0.05) is 29.4 Å². The number of carbonyl (C=O) groups is 3. The van der Waals surface area contributed by atoms with Crippen molar-refractivity contribution in [2.24, 2.45) is 17.8 Å². The third-order valence-corrected chi connectivity index (χ3v) is 11.1. The fourth-order valence-electron chi connectivity index (χ4n) is 6.96. The third-order valence-electron chi connectivity index (χ3n) is 9.48. The number of halogens is 1. The molecule has 1 aliphatic heterocycles. The van der Waals surface area contributed by atoms with Gasteiger partial charge in [-0.15, -0.1) is 0 Å². The maximum Gasteiger partial charge on any atom is 0.329 e. The van der Waals surface area contributed by atoms with E-state index in [9.17, 15) is 22.8 Å². The molecule has 5 rings (SSSR count). The van der Waals surface area contributed by atoms with Gasteiger partial charge in [0.05, 0.1) is 30.2 Å². The van der Waals surface area contributed by atoms with Crippen molar-refractivity contribution in [2.75, 3.05) is 37.8 Å². The van der Waals surface area contributed by atoms with E-state index in [4.69, 9.17) is 30.9 Å². The molecule has 2 aliphatic carbocycles. The Labute approximate surface area is 287 Å². The molecule has 48 heavy (non-hydrogen) atoms. The number of anilines is 1. The first-order valence-electron chi connectivity index (χ1n) is 16.4. The Morgan fingerprint density at radius 2 is 1.90 bits per heavy atom. The smallest absolute Gasteiger partial charge is 0.329 e. The molecular weight excluding hydrogens is 660 g/mol. The highest BCUT2D eigenvalue weighted by molar-refractivity contribution is 7.90. The van der Waals surface area contributed by atoms with Crippen LogP contribution in [0.3, 0.4) is 0 Å². The average molecular weight is 705 g/mol. The Morgan fingerprint density at radius 1 is 1.15 bits per heavy atom. The van der Waals surface area contributed by atoms with Crippen LogP contribution in [-0.2, 0) is 45.7 Å². The van der Waals surface area contributed by atoms with E-state index in [0.717, 1.165) is 32.1 Å². The first kappa shape index (κ1) is 35.9. The quantitative estimate of drug-likeness (QED) is 0.302. The number of aliphatic carboxylic acids is 1. The highest BCUT2D eigenvalue weighted by Crippen LogP contribution is 2.46. The Kier molecular flexibility index (Phi) is 10.7. The van der Waals surface area contributed by atoms with E-state index < -0.39 is 39.4 Å². The lowest BCUT2D eigenvalue weighted by Crippen LogP contribution is -2.48. The van der Waals surface area contributed by atoms with Gasteiger partial charge < -0.3 is 24.2 Å². The second-order valence-corrected chi connectivity index (χ2v) is 16.5. The van der Waals surface area contributed by atoms with Crippen LogP contribution in [-0.4, -0.2) is 69.9 Å². The molecule has 0 unspecified atom stereocenters. The lowest BCUT2D eigenvalue weighted by Gasteiger charge is -2.44. The Balaban J connectivity index is 1.42. The number of hydrogen-bond acceptors (Lipinski definition) is 9. The number of carboxylic acid groups (broad SMARTS) is 1. The van der Waals surface area contributed by atoms with Crippen LogP contribution in [0.25, 0.3) is 0 Å². The summed E-state index contributed by atoms with van der Waals surface area (Å²) in [5, 5.41) is 9.70. The zero-order chi connectivity index (χ0) is 34.9. The summed E-state index contributed by atoms with van der Waals surface area (Å²) in [5.74, 6) is -2.44. The van der Waals surface area contributed by atoms with Crippen molar-refractivity contribution in [2.45, 2.75) is 82.1 Å². The topological polar surface area (TPSA) is 149 Å². The van der Waals surface area contributed by atoms with Gasteiger partial charge in [-0.1, -0.05) is 24.6 Å². The van der Waals surface area contributed by atoms with Gasteiger partial charge in [-0.25, -0.2) is 17.9 Å². The number of hydrogen-bond donors (Lipinski definition) is 2. The van der Waals surface area contributed by atoms with Crippen molar-refractivity contribution in [3.8, 4) is 5.75 Å². The Morgan fingerprint density at radius 3 is 2.58 bits per heavy atom. The van der Waals surface area contributed by atoms with E-state index in [0.29, 0.717) is 42.8 Å². The summed E-state index contributed by atoms with van der Waals surface area (Å²) < 4.78 is 46.5. The molecule has 1 heterocycles. The molecule has 2 aromatic carbocycles. The van der Waals surface area contributed by atoms with Gasteiger partial charge in [-0.05, 0) is 106 Å². The maximum atomic E-state index is 13.6. The number of ether oxygens (including phenoxy) is 3. The van der Waals surface area contributed by atoms with Crippen molar-refractivity contribution in [3.63, 3.8) is 0 Å². The van der Waals surface area contributed by atoms with E-state index in [-0.39, 0.29) is 35.2 Å². The molecule has 1 spiro atoms. The van der Waals surface area contributed by atoms with Crippen molar-refractivity contribution in [3.05, 3.63) is 52.5 Å². The molecule has 2 N–H and O–H groups in total. The van der Waals surface area contributed by atoms with Gasteiger partial charge in [0.1, 0.15) is 18.0 Å². The molecule has 13 heteroatoms. The molecule has 3 aliphatic rings. The van der Waals surface area contributed by atoms with Gasteiger partial charge in [0.25, 0.3) is 10.0 Å². The van der Waals surface area contributed by atoms with Crippen LogP contribution in [0.5, 0.6) is 5.75 Å². The molecule has 0 radical (unpaired) electrons. The minimum absolute atomic E-state index is 0.102. The fraction of sp³-hybridized carbons (Fsp3) is 0.571. The van der Waals surface area contributed by atoms with Crippen LogP contribution in [0.2, 0.25) is 5.02 Å². The molecule has 4 atom stereocenters. The number of carbonyl (C=O) groups excluding carboxylic acids is 2. The third kappa shape index (κ3) is 8.44. The monoisotopic (exact) mass is 704 g/mol. The molecule has 0 bridgehead atoms. The van der Waals surface area contributed by atoms with Crippen LogP contribution in [0.15, 0.2) is 41.3 Å². The second-order valence-electron chi connectivity index (χ2n) is 14.4. The second kappa shape index (κ2) is 14.2. The fourth-order valence-corrected chi connectivity index (χ4v) is 8.25. The SMILES string of the molecule is C[C@H](CC(=O)OC(C)(C)C)C(=O)NS(=O)(=O)c1ccc2c(c1)N(C[C@@H]1CC[C@H]1COCC(=O)O)C[C@@]1(CCCc3cc(Cl)ccc31)CO2. The molecule has 1 amide bonds. The summed E-state index contributed by atoms with van der Waals surface area (Å²) >= 11 is 6.38. The van der Waals surface area contributed by atoms with Crippen LogP contribution >= 0.6 is 11.6 Å². The van der Waals surface area contributed by atoms with E-state index in [1.54, 1.807) is 32.9 Å². The molecule has 0 saturated heterocycles. The number of amides is 1. The summed E-state index contributed by atoms with van der Waals surface area (Å²) in [7, 11) is -4.31. The number of nitrogens with one attached hydrogen (secondary N) is 1. The minimum Gasteiger partial charge on any atom is -0.490 e. The van der Waals surface area contributed by atoms with Crippen LogP contribution in [0.4, 0.5) is 5.69 Å². The van der Waals surface area contributed by atoms with Crippen molar-refractivity contribution in [1.82, 2.24) is 4.72 Å².